The van der Waals surface area contributed by atoms with E-state index in [1.165, 1.54) is 0 Å². The van der Waals surface area contributed by atoms with Crippen molar-refractivity contribution in [1.29, 1.82) is 0 Å². The van der Waals surface area contributed by atoms with Gasteiger partial charge < -0.3 is 9.64 Å². The van der Waals surface area contributed by atoms with Gasteiger partial charge in [-0.2, -0.15) is 8.42 Å². The first-order valence-corrected chi connectivity index (χ1v) is 10.8. The monoisotopic (exact) mass is 397 g/mol. The van der Waals surface area contributed by atoms with Crippen molar-refractivity contribution in [2.45, 2.75) is 69.9 Å². The van der Waals surface area contributed by atoms with Crippen molar-refractivity contribution >= 4 is 16.2 Å². The van der Waals surface area contributed by atoms with Crippen LogP contribution in [0.2, 0.25) is 0 Å². The zero-order chi connectivity index (χ0) is 20.2. The lowest BCUT2D eigenvalue weighted by Gasteiger charge is -2.35. The maximum Gasteiger partial charge on any atom is 0.410 e. The van der Waals surface area contributed by atoms with Gasteiger partial charge in [-0.15, -0.1) is 0 Å². The van der Waals surface area contributed by atoms with Crippen molar-refractivity contribution < 1.29 is 22.1 Å². The molecule has 0 atom stereocenters. The quantitative estimate of drug-likeness (QED) is 0.699. The van der Waals surface area contributed by atoms with Crippen LogP contribution in [0.3, 0.4) is 0 Å². The van der Waals surface area contributed by atoms with Gasteiger partial charge >= 0.3 is 6.09 Å². The average Bonchev–Trinajstić information content (AvgIpc) is 2.59. The normalized spacial score (nSPS) is 20.9. The van der Waals surface area contributed by atoms with E-state index in [0.717, 1.165) is 31.2 Å². The van der Waals surface area contributed by atoms with Crippen LogP contribution in [0.4, 0.5) is 4.79 Å². The first-order chi connectivity index (χ1) is 12.5. The van der Waals surface area contributed by atoms with E-state index in [0.29, 0.717) is 0 Å². The van der Waals surface area contributed by atoms with Crippen LogP contribution in [0.1, 0.15) is 52.0 Å². The predicted molar refractivity (Wildman–Crippen MR) is 104 cm³/mol. The third-order valence-electron chi connectivity index (χ3n) is 4.81. The number of ether oxygens (including phenoxy) is 1. The van der Waals surface area contributed by atoms with E-state index in [1.807, 2.05) is 27.7 Å². The molecule has 1 aliphatic carbocycles. The lowest BCUT2D eigenvalue weighted by Crippen LogP contribution is -2.42. The third-order valence-corrected chi connectivity index (χ3v) is 6.11. The number of carbonyl (C=O) groups is 1. The molecule has 2 rings (SSSR count). The fourth-order valence-corrected chi connectivity index (χ4v) is 4.12. The molecule has 0 radical (unpaired) electrons. The highest BCUT2D eigenvalue weighted by molar-refractivity contribution is 7.86. The lowest BCUT2D eigenvalue weighted by molar-refractivity contribution is 0.0164. The van der Waals surface area contributed by atoms with Gasteiger partial charge in [0.15, 0.2) is 0 Å². The molecule has 1 aromatic rings. The van der Waals surface area contributed by atoms with Gasteiger partial charge in [-0.1, -0.05) is 17.7 Å². The van der Waals surface area contributed by atoms with E-state index in [9.17, 15) is 13.2 Å². The van der Waals surface area contributed by atoms with Crippen LogP contribution in [0.5, 0.6) is 0 Å². The number of benzene rings is 1. The van der Waals surface area contributed by atoms with Gasteiger partial charge in [0.05, 0.1) is 11.5 Å². The Morgan fingerprint density at radius 2 is 1.67 bits per heavy atom. The molecule has 0 bridgehead atoms. The highest BCUT2D eigenvalue weighted by Gasteiger charge is 2.30. The molecule has 0 unspecified atom stereocenters. The summed E-state index contributed by atoms with van der Waals surface area (Å²) >= 11 is 0. The Morgan fingerprint density at radius 1 is 1.11 bits per heavy atom. The molecule has 0 spiro atoms. The second kappa shape index (κ2) is 8.61. The molecule has 152 valence electrons. The zero-order valence-corrected chi connectivity index (χ0v) is 17.7. The van der Waals surface area contributed by atoms with Gasteiger partial charge in [-0.05, 0) is 71.4 Å². The maximum absolute atomic E-state index is 12.3. The summed E-state index contributed by atoms with van der Waals surface area (Å²) in [5.74, 6) is 0.175. The fourth-order valence-electron chi connectivity index (χ4n) is 3.14. The molecule has 6 nitrogen and oxygen atoms in total. The molecule has 7 heteroatoms. The van der Waals surface area contributed by atoms with Crippen LogP contribution in [0.15, 0.2) is 29.2 Å². The van der Waals surface area contributed by atoms with Crippen molar-refractivity contribution in [2.24, 2.45) is 5.92 Å². The van der Waals surface area contributed by atoms with Crippen molar-refractivity contribution in [2.75, 3.05) is 13.7 Å². The van der Waals surface area contributed by atoms with Crippen molar-refractivity contribution in [3.8, 4) is 0 Å². The van der Waals surface area contributed by atoms with Crippen LogP contribution < -0.4 is 0 Å². The SMILES string of the molecule is Cc1ccc(S(=O)(=O)OCC2CCC(N(C)C(=O)OC(C)(C)C)CC2)cc1. The minimum Gasteiger partial charge on any atom is -0.444 e. The van der Waals surface area contributed by atoms with E-state index in [4.69, 9.17) is 8.92 Å². The summed E-state index contributed by atoms with van der Waals surface area (Å²) in [6, 6.07) is 6.76. The summed E-state index contributed by atoms with van der Waals surface area (Å²) in [5, 5.41) is 0. The van der Waals surface area contributed by atoms with Crippen molar-refractivity contribution in [3.63, 3.8) is 0 Å². The zero-order valence-electron chi connectivity index (χ0n) is 16.9. The van der Waals surface area contributed by atoms with E-state index in [2.05, 4.69) is 0 Å². The number of nitrogens with zero attached hydrogens (tertiary/aromatic N) is 1. The molecule has 0 aromatic heterocycles. The number of carbonyl (C=O) groups excluding carboxylic acids is 1. The Kier molecular flexibility index (Phi) is 6.92. The number of hydrogen-bond donors (Lipinski definition) is 0. The molecule has 27 heavy (non-hydrogen) atoms. The van der Waals surface area contributed by atoms with Gasteiger partial charge in [0, 0.05) is 13.1 Å². The number of amides is 1. The molecule has 1 fully saturated rings. The summed E-state index contributed by atoms with van der Waals surface area (Å²) in [6.45, 7) is 7.63. The molecular formula is C20H31NO5S. The summed E-state index contributed by atoms with van der Waals surface area (Å²) in [6.07, 6.45) is 2.95. The molecule has 1 aromatic carbocycles. The highest BCUT2D eigenvalue weighted by atomic mass is 32.2. The minimum atomic E-state index is -3.72. The smallest absolute Gasteiger partial charge is 0.410 e. The Bertz CT molecular complexity index is 729. The van der Waals surface area contributed by atoms with E-state index >= 15 is 0 Å². The second-order valence-electron chi connectivity index (χ2n) is 8.32. The number of aryl methyl sites for hydroxylation is 1. The van der Waals surface area contributed by atoms with Gasteiger partial charge in [0.25, 0.3) is 10.1 Å². The molecule has 1 aliphatic rings. The highest BCUT2D eigenvalue weighted by Crippen LogP contribution is 2.29. The summed E-state index contributed by atoms with van der Waals surface area (Å²) in [4.78, 5) is 14.0. The van der Waals surface area contributed by atoms with Crippen LogP contribution >= 0.6 is 0 Å². The van der Waals surface area contributed by atoms with Gasteiger partial charge in [0.2, 0.25) is 0 Å². The Hall–Kier alpha value is -1.60. The third kappa shape index (κ3) is 6.50. The molecule has 0 aliphatic heterocycles. The molecular weight excluding hydrogens is 366 g/mol. The molecule has 1 saturated carbocycles. The van der Waals surface area contributed by atoms with E-state index < -0.39 is 15.7 Å². The Morgan fingerprint density at radius 3 is 2.19 bits per heavy atom. The average molecular weight is 398 g/mol. The van der Waals surface area contributed by atoms with Crippen molar-refractivity contribution in [1.82, 2.24) is 4.90 Å². The van der Waals surface area contributed by atoms with Crippen molar-refractivity contribution in [3.05, 3.63) is 29.8 Å². The maximum atomic E-state index is 12.3. The topological polar surface area (TPSA) is 72.9 Å². The predicted octanol–water partition coefficient (Wildman–Crippen LogP) is 4.13. The van der Waals surface area contributed by atoms with Crippen LogP contribution in [-0.4, -0.2) is 44.7 Å². The largest absolute Gasteiger partial charge is 0.444 e. The minimum absolute atomic E-state index is 0.116. The molecule has 1 amide bonds. The van der Waals surface area contributed by atoms with Gasteiger partial charge in [-0.3, -0.25) is 4.18 Å². The lowest BCUT2D eigenvalue weighted by atomic mass is 9.86. The van der Waals surface area contributed by atoms with Crippen LogP contribution in [0.25, 0.3) is 0 Å². The van der Waals surface area contributed by atoms with Gasteiger partial charge in [0.1, 0.15) is 5.60 Å². The first-order valence-electron chi connectivity index (χ1n) is 9.40. The van der Waals surface area contributed by atoms with Crippen LogP contribution in [-0.2, 0) is 19.0 Å². The number of rotatable bonds is 5. The summed E-state index contributed by atoms with van der Waals surface area (Å²) < 4.78 is 35.3. The van der Waals surface area contributed by atoms with E-state index in [1.54, 1.807) is 36.2 Å². The number of hydrogen-bond acceptors (Lipinski definition) is 5. The van der Waals surface area contributed by atoms with E-state index in [-0.39, 0.29) is 29.6 Å². The fraction of sp³-hybridized carbons (Fsp3) is 0.650. The Labute approximate surface area is 163 Å². The van der Waals surface area contributed by atoms with Crippen LogP contribution in [0, 0.1) is 12.8 Å². The molecule has 0 N–H and O–H groups in total. The first kappa shape index (κ1) is 21.7. The summed E-state index contributed by atoms with van der Waals surface area (Å²) in [5.41, 5.74) is 0.488. The standard InChI is InChI=1S/C20H31NO5S/c1-15-6-12-18(13-7-15)27(23,24)25-14-16-8-10-17(11-9-16)21(5)19(22)26-20(2,3)4/h6-7,12-13,16-17H,8-11,14H2,1-5H3. The second-order valence-corrected chi connectivity index (χ2v) is 9.93. The molecule has 0 heterocycles. The molecule has 0 saturated heterocycles. The van der Waals surface area contributed by atoms with Gasteiger partial charge in [-0.25, -0.2) is 4.79 Å². The Balaban J connectivity index is 1.82. The summed E-state index contributed by atoms with van der Waals surface area (Å²) in [7, 11) is -1.96.